The van der Waals surface area contributed by atoms with Gasteiger partial charge in [-0.05, 0) is 26.0 Å². The number of amides is 1. The van der Waals surface area contributed by atoms with E-state index in [0.29, 0.717) is 32.0 Å². The molecule has 1 aliphatic rings. The molecule has 0 unspecified atom stereocenters. The second-order valence-electron chi connectivity index (χ2n) is 6.40. The fraction of sp³-hybridized carbons (Fsp3) is 0.444. The first-order chi connectivity index (χ1) is 13.3. The van der Waals surface area contributed by atoms with Crippen LogP contribution in [0, 0.1) is 6.92 Å². The zero-order valence-electron chi connectivity index (χ0n) is 15.6. The molecule has 0 atom stereocenters. The molecule has 0 spiro atoms. The smallest absolute Gasteiger partial charge is 0.370 e. The van der Waals surface area contributed by atoms with Crippen LogP contribution in [0.2, 0.25) is 0 Å². The van der Waals surface area contributed by atoms with Gasteiger partial charge in [0, 0.05) is 45.0 Å². The molecule has 1 aliphatic heterocycles. The molecule has 0 bridgehead atoms. The predicted octanol–water partition coefficient (Wildman–Crippen LogP) is 2.59. The van der Waals surface area contributed by atoms with E-state index in [2.05, 4.69) is 25.2 Å². The molecule has 1 fully saturated rings. The highest BCUT2D eigenvalue weighted by Crippen LogP contribution is 2.27. The number of alkyl halides is 3. The summed E-state index contributed by atoms with van der Waals surface area (Å²) in [5.74, 6) is 1.86. The molecule has 2 aromatic rings. The average molecular weight is 394 g/mol. The lowest BCUT2D eigenvalue weighted by molar-refractivity contribution is -0.141. The summed E-state index contributed by atoms with van der Waals surface area (Å²) in [4.78, 5) is 28.4. The quantitative estimate of drug-likeness (QED) is 0.859. The number of hydrogen-bond donors (Lipinski definition) is 1. The maximum atomic E-state index is 12.6. The van der Waals surface area contributed by atoms with E-state index < -0.39 is 11.9 Å². The number of carbonyl (C=O) groups excluding carboxylic acids is 1. The van der Waals surface area contributed by atoms with Crippen molar-refractivity contribution >= 4 is 17.5 Å². The standard InChI is InChI=1S/C18H21F3N6O/c1-3-22-15-10-16(25-12(2)24-15)26-6-8-27(9-7-26)17(28)13-4-5-14(23-11-13)18(19,20)21/h4-5,10-11H,3,6-9H2,1-2H3,(H,22,24,25). The number of halogens is 3. The highest BCUT2D eigenvalue weighted by Gasteiger charge is 2.32. The van der Waals surface area contributed by atoms with Gasteiger partial charge in [0.15, 0.2) is 0 Å². The number of hydrogen-bond acceptors (Lipinski definition) is 6. The molecule has 3 heterocycles. The predicted molar refractivity (Wildman–Crippen MR) is 98.3 cm³/mol. The number of aromatic nitrogens is 3. The monoisotopic (exact) mass is 394 g/mol. The van der Waals surface area contributed by atoms with E-state index in [1.807, 2.05) is 19.9 Å². The summed E-state index contributed by atoms with van der Waals surface area (Å²) in [6.45, 7) is 6.58. The van der Waals surface area contributed by atoms with E-state index in [1.54, 1.807) is 4.90 Å². The zero-order chi connectivity index (χ0) is 20.3. The molecular formula is C18H21F3N6O. The first kappa shape index (κ1) is 19.8. The molecular weight excluding hydrogens is 373 g/mol. The van der Waals surface area contributed by atoms with Crippen LogP contribution < -0.4 is 10.2 Å². The second kappa shape index (κ2) is 7.99. The lowest BCUT2D eigenvalue weighted by Crippen LogP contribution is -2.49. The number of nitrogens with zero attached hydrogens (tertiary/aromatic N) is 5. The third kappa shape index (κ3) is 4.49. The van der Waals surface area contributed by atoms with Crippen molar-refractivity contribution in [2.24, 2.45) is 0 Å². The maximum absolute atomic E-state index is 12.6. The summed E-state index contributed by atoms with van der Waals surface area (Å²) in [7, 11) is 0. The number of piperazine rings is 1. The van der Waals surface area contributed by atoms with Crippen molar-refractivity contribution in [2.75, 3.05) is 42.9 Å². The highest BCUT2D eigenvalue weighted by atomic mass is 19.4. The normalized spacial score (nSPS) is 14.9. The van der Waals surface area contributed by atoms with Crippen molar-refractivity contribution in [2.45, 2.75) is 20.0 Å². The number of pyridine rings is 1. The van der Waals surface area contributed by atoms with E-state index in [9.17, 15) is 18.0 Å². The van der Waals surface area contributed by atoms with Crippen molar-refractivity contribution in [3.63, 3.8) is 0 Å². The lowest BCUT2D eigenvalue weighted by Gasteiger charge is -2.35. The highest BCUT2D eigenvalue weighted by molar-refractivity contribution is 5.94. The van der Waals surface area contributed by atoms with Crippen LogP contribution >= 0.6 is 0 Å². The lowest BCUT2D eigenvalue weighted by atomic mass is 10.2. The largest absolute Gasteiger partial charge is 0.433 e. The van der Waals surface area contributed by atoms with Crippen molar-refractivity contribution in [1.82, 2.24) is 19.9 Å². The molecule has 0 aromatic carbocycles. The SMILES string of the molecule is CCNc1cc(N2CCN(C(=O)c3ccc(C(F)(F)F)nc3)CC2)nc(C)n1. The second-order valence-corrected chi connectivity index (χ2v) is 6.40. The van der Waals surface area contributed by atoms with E-state index in [1.165, 1.54) is 6.07 Å². The Balaban J connectivity index is 1.64. The van der Waals surface area contributed by atoms with Gasteiger partial charge in [-0.15, -0.1) is 0 Å². The van der Waals surface area contributed by atoms with Gasteiger partial charge in [0.1, 0.15) is 23.2 Å². The molecule has 0 radical (unpaired) electrons. The van der Waals surface area contributed by atoms with Gasteiger partial charge in [0.05, 0.1) is 5.56 Å². The van der Waals surface area contributed by atoms with Crippen molar-refractivity contribution in [3.05, 3.63) is 41.5 Å². The Morgan fingerprint density at radius 3 is 2.46 bits per heavy atom. The average Bonchev–Trinajstić information content (AvgIpc) is 2.67. The Morgan fingerprint density at radius 1 is 1.18 bits per heavy atom. The van der Waals surface area contributed by atoms with E-state index in [4.69, 9.17) is 0 Å². The topological polar surface area (TPSA) is 74.2 Å². The van der Waals surface area contributed by atoms with E-state index in [-0.39, 0.29) is 11.5 Å². The Bertz CT molecular complexity index is 832. The fourth-order valence-electron chi connectivity index (χ4n) is 2.99. The summed E-state index contributed by atoms with van der Waals surface area (Å²) in [6, 6.07) is 3.87. The Kier molecular flexibility index (Phi) is 5.66. The molecule has 0 saturated carbocycles. The molecule has 28 heavy (non-hydrogen) atoms. The molecule has 1 amide bonds. The third-order valence-electron chi connectivity index (χ3n) is 4.37. The van der Waals surface area contributed by atoms with Gasteiger partial charge in [0.2, 0.25) is 0 Å². The number of aryl methyl sites for hydroxylation is 1. The minimum absolute atomic E-state index is 0.147. The molecule has 150 valence electrons. The number of anilines is 2. The number of rotatable bonds is 4. The van der Waals surface area contributed by atoms with Crippen LogP contribution in [0.5, 0.6) is 0 Å². The van der Waals surface area contributed by atoms with Crippen LogP contribution in [0.4, 0.5) is 24.8 Å². The first-order valence-corrected chi connectivity index (χ1v) is 8.95. The van der Waals surface area contributed by atoms with Gasteiger partial charge in [-0.2, -0.15) is 13.2 Å². The van der Waals surface area contributed by atoms with Crippen molar-refractivity contribution in [1.29, 1.82) is 0 Å². The Labute approximate surface area is 160 Å². The number of nitrogens with one attached hydrogen (secondary N) is 1. The van der Waals surface area contributed by atoms with Crippen LogP contribution in [0.1, 0.15) is 28.8 Å². The molecule has 7 nitrogen and oxygen atoms in total. The number of carbonyl (C=O) groups is 1. The van der Waals surface area contributed by atoms with Crippen LogP contribution in [0.25, 0.3) is 0 Å². The molecule has 10 heteroatoms. The zero-order valence-corrected chi connectivity index (χ0v) is 15.6. The third-order valence-corrected chi connectivity index (χ3v) is 4.37. The summed E-state index contributed by atoms with van der Waals surface area (Å²) < 4.78 is 37.8. The minimum Gasteiger partial charge on any atom is -0.370 e. The molecule has 0 aliphatic carbocycles. The van der Waals surface area contributed by atoms with Crippen LogP contribution in [-0.2, 0) is 6.18 Å². The van der Waals surface area contributed by atoms with Crippen LogP contribution in [0.15, 0.2) is 24.4 Å². The van der Waals surface area contributed by atoms with Gasteiger partial charge in [-0.1, -0.05) is 0 Å². The molecule has 2 aromatic heterocycles. The van der Waals surface area contributed by atoms with Gasteiger partial charge >= 0.3 is 6.18 Å². The van der Waals surface area contributed by atoms with Gasteiger partial charge < -0.3 is 15.1 Å². The minimum atomic E-state index is -4.52. The summed E-state index contributed by atoms with van der Waals surface area (Å²) >= 11 is 0. The summed E-state index contributed by atoms with van der Waals surface area (Å²) in [5, 5.41) is 3.16. The molecule has 1 N–H and O–H groups in total. The fourth-order valence-corrected chi connectivity index (χ4v) is 2.99. The summed E-state index contributed by atoms with van der Waals surface area (Å²) in [5.41, 5.74) is -0.863. The van der Waals surface area contributed by atoms with Gasteiger partial charge in [-0.25, -0.2) is 9.97 Å². The van der Waals surface area contributed by atoms with Crippen LogP contribution in [0.3, 0.4) is 0 Å². The van der Waals surface area contributed by atoms with Crippen LogP contribution in [-0.4, -0.2) is 58.5 Å². The molecule has 3 rings (SSSR count). The van der Waals surface area contributed by atoms with Crippen molar-refractivity contribution in [3.8, 4) is 0 Å². The maximum Gasteiger partial charge on any atom is 0.433 e. The van der Waals surface area contributed by atoms with Crippen molar-refractivity contribution < 1.29 is 18.0 Å². The Morgan fingerprint density at radius 2 is 1.89 bits per heavy atom. The van der Waals surface area contributed by atoms with Gasteiger partial charge in [-0.3, -0.25) is 9.78 Å². The summed E-state index contributed by atoms with van der Waals surface area (Å²) in [6.07, 6.45) is -3.54. The van der Waals surface area contributed by atoms with E-state index >= 15 is 0 Å². The molecule has 1 saturated heterocycles. The Hall–Kier alpha value is -2.91. The first-order valence-electron chi connectivity index (χ1n) is 8.95. The van der Waals surface area contributed by atoms with Gasteiger partial charge in [0.25, 0.3) is 5.91 Å². The van der Waals surface area contributed by atoms with E-state index in [0.717, 1.165) is 30.4 Å².